The maximum Gasteiger partial charge on any atom is 0.458 e. The van der Waals surface area contributed by atoms with Gasteiger partial charge in [-0.25, -0.2) is 14.6 Å². The molecule has 4 atom stereocenters. The van der Waals surface area contributed by atoms with Crippen LogP contribution in [0, 0.1) is 5.92 Å². The number of nitrogens with one attached hydrogen (secondary N) is 3. The first-order valence-corrected chi connectivity index (χ1v) is 20.7. The van der Waals surface area contributed by atoms with Crippen LogP contribution in [0.5, 0.6) is 5.75 Å². The van der Waals surface area contributed by atoms with Gasteiger partial charge in [0.15, 0.2) is 5.52 Å². The zero-order chi connectivity index (χ0) is 40.0. The van der Waals surface area contributed by atoms with E-state index < -0.39 is 31.4 Å². The van der Waals surface area contributed by atoms with Gasteiger partial charge in [0.05, 0.1) is 25.1 Å². The lowest BCUT2D eigenvalue weighted by Gasteiger charge is -2.23. The number of carbonyl (C=O) groups is 1. The number of para-hydroxylation sites is 1. The van der Waals surface area contributed by atoms with E-state index in [4.69, 9.17) is 14.8 Å². The van der Waals surface area contributed by atoms with Crippen LogP contribution in [0.2, 0.25) is 0 Å². The summed E-state index contributed by atoms with van der Waals surface area (Å²) in [6.07, 6.45) is 33.1. The minimum atomic E-state index is -3.97. The van der Waals surface area contributed by atoms with Crippen LogP contribution in [-0.2, 0) is 13.9 Å². The zero-order valence-corrected chi connectivity index (χ0v) is 33.1. The molecule has 2 aromatic heterocycles. The molecule has 1 aromatic carbocycles. The molecule has 0 radical (unpaired) electrons. The summed E-state index contributed by atoms with van der Waals surface area (Å²) in [6, 6.07) is 8.16. The number of aromatic nitrogens is 4. The summed E-state index contributed by atoms with van der Waals surface area (Å²) in [5.41, 5.74) is 6.27. The van der Waals surface area contributed by atoms with E-state index in [1.165, 1.54) is 6.33 Å². The molecule has 13 nitrogen and oxygen atoms in total. The number of carbonyl (C=O) groups excluding carboxylic acids is 1. The van der Waals surface area contributed by atoms with E-state index in [1.807, 2.05) is 12.2 Å². The first-order valence-electron chi connectivity index (χ1n) is 19.2. The van der Waals surface area contributed by atoms with Crippen molar-refractivity contribution in [2.45, 2.75) is 76.9 Å². The van der Waals surface area contributed by atoms with E-state index in [2.05, 4.69) is 99.6 Å². The highest BCUT2D eigenvalue weighted by Gasteiger charge is 2.40. The van der Waals surface area contributed by atoms with Gasteiger partial charge in [-0.3, -0.25) is 14.1 Å². The number of benzene rings is 1. The van der Waals surface area contributed by atoms with E-state index in [0.717, 1.165) is 38.5 Å². The summed E-state index contributed by atoms with van der Waals surface area (Å²) in [4.78, 5) is 35.4. The van der Waals surface area contributed by atoms with Gasteiger partial charge in [-0.15, -0.1) is 0 Å². The normalized spacial score (nSPS) is 18.9. The van der Waals surface area contributed by atoms with Crippen molar-refractivity contribution in [3.05, 3.63) is 132 Å². The fourth-order valence-corrected chi connectivity index (χ4v) is 7.33. The van der Waals surface area contributed by atoms with Crippen molar-refractivity contribution in [2.24, 2.45) is 5.92 Å². The molecule has 0 bridgehead atoms. The first-order chi connectivity index (χ1) is 27.2. The fraction of sp³-hybridized carbons (Fsp3) is 0.381. The Balaban J connectivity index is 1.15. The third-order valence-corrected chi connectivity index (χ3v) is 10.5. The van der Waals surface area contributed by atoms with Crippen molar-refractivity contribution in [3.63, 3.8) is 0 Å². The number of nitrogens with zero attached hydrogens (tertiary/aromatic N) is 3. The summed E-state index contributed by atoms with van der Waals surface area (Å²) in [7, 11) is -3.97. The van der Waals surface area contributed by atoms with E-state index in [9.17, 15) is 19.3 Å². The lowest BCUT2D eigenvalue weighted by Crippen LogP contribution is -2.32. The van der Waals surface area contributed by atoms with Gasteiger partial charge in [0, 0.05) is 25.4 Å². The van der Waals surface area contributed by atoms with Gasteiger partial charge in [-0.2, -0.15) is 4.98 Å². The van der Waals surface area contributed by atoms with E-state index >= 15 is 0 Å². The van der Waals surface area contributed by atoms with Gasteiger partial charge in [-0.05, 0) is 69.1 Å². The molecule has 300 valence electrons. The zero-order valence-electron chi connectivity index (χ0n) is 32.2. The summed E-state index contributed by atoms with van der Waals surface area (Å²) in [5, 5.41) is 16.7. The van der Waals surface area contributed by atoms with Crippen molar-refractivity contribution in [3.8, 4) is 5.75 Å². The Labute approximate surface area is 329 Å². The van der Waals surface area contributed by atoms with Crippen LogP contribution < -0.4 is 26.2 Å². The number of aliphatic hydroxyl groups excluding tert-OH is 1. The SMILES string of the molecule is C=C1C(n2cnc3c(=O)nc(N)[nH]c32)C[C@H](O)[C@H]1COP(=O)(NCCNC(=O)CC/C=C\C/C=C\C/C=C\C/C=C\C/C=C\C/C=C\CC)Oc1ccccc1. The van der Waals surface area contributed by atoms with Crippen LogP contribution in [0.1, 0.15) is 70.8 Å². The van der Waals surface area contributed by atoms with Crippen LogP contribution in [0.25, 0.3) is 11.2 Å². The predicted octanol–water partition coefficient (Wildman–Crippen LogP) is 7.57. The number of aliphatic hydroxyl groups is 1. The standard InChI is InChI=1S/C42H56N7O6P/c1-3-4-5-6-7-8-9-10-11-12-13-14-15-16-17-18-19-20-24-27-38(51)44-28-29-46-56(53,55-34-25-22-21-23-26-34)54-31-35-33(2)36(30-37(35)50)49-32-45-39-40(49)47-42(43)48-41(39)52/h4-5,7-8,10-11,13-14,16-17,19-23,25-26,32,35-37,50H,2-3,6,9,12,15,18,24,27-31H2,1H3,(H,44,51)(H,46,53)(H3,43,47,48,52)/b5-4-,8-7-,11-10-,14-13-,17-16-,20-19-/t35-,36?,37-,56?/m0/s1. The number of rotatable bonds is 24. The number of fused-ring (bicyclic) bond motifs is 1. The molecule has 2 heterocycles. The summed E-state index contributed by atoms with van der Waals surface area (Å²) >= 11 is 0. The highest BCUT2D eigenvalue weighted by atomic mass is 31.2. The molecule has 56 heavy (non-hydrogen) atoms. The Hall–Kier alpha value is -5.07. The highest BCUT2D eigenvalue weighted by molar-refractivity contribution is 7.52. The molecule has 1 amide bonds. The van der Waals surface area contributed by atoms with Gasteiger partial charge >= 0.3 is 13.3 Å². The molecule has 1 aliphatic rings. The molecular formula is C42H56N7O6P. The molecule has 14 heteroatoms. The highest BCUT2D eigenvalue weighted by Crippen LogP contribution is 2.47. The topological polar surface area (TPSA) is 186 Å². The molecule has 3 aromatic rings. The Morgan fingerprint density at radius 1 is 0.982 bits per heavy atom. The number of aromatic amines is 1. The second-order valence-electron chi connectivity index (χ2n) is 13.2. The minimum absolute atomic E-state index is 0.0561. The largest absolute Gasteiger partial charge is 0.458 e. The number of hydrogen-bond donors (Lipinski definition) is 5. The van der Waals surface area contributed by atoms with E-state index in [-0.39, 0.29) is 43.5 Å². The number of anilines is 1. The molecule has 6 N–H and O–H groups in total. The average molecular weight is 786 g/mol. The van der Waals surface area contributed by atoms with Crippen molar-refractivity contribution in [1.29, 1.82) is 0 Å². The van der Waals surface area contributed by atoms with Crippen LogP contribution in [0.4, 0.5) is 5.95 Å². The molecule has 2 unspecified atom stereocenters. The van der Waals surface area contributed by atoms with Crippen molar-refractivity contribution in [2.75, 3.05) is 25.4 Å². The number of H-pyrrole nitrogens is 1. The van der Waals surface area contributed by atoms with Crippen LogP contribution in [-0.4, -0.2) is 56.3 Å². The predicted molar refractivity (Wildman–Crippen MR) is 224 cm³/mol. The summed E-state index contributed by atoms with van der Waals surface area (Å²) in [6.45, 7) is 6.46. The smallest absolute Gasteiger partial charge is 0.413 e. The number of allylic oxidation sites excluding steroid dienone is 12. The number of hydrogen-bond acceptors (Lipinski definition) is 9. The van der Waals surface area contributed by atoms with E-state index in [1.54, 1.807) is 34.9 Å². The number of imidazole rings is 1. The van der Waals surface area contributed by atoms with Gasteiger partial charge in [0.2, 0.25) is 11.9 Å². The third kappa shape index (κ3) is 14.5. The van der Waals surface area contributed by atoms with Gasteiger partial charge in [-0.1, -0.05) is 105 Å². The maximum absolute atomic E-state index is 13.9. The minimum Gasteiger partial charge on any atom is -0.413 e. The van der Waals surface area contributed by atoms with Crippen LogP contribution in [0.3, 0.4) is 0 Å². The van der Waals surface area contributed by atoms with Gasteiger partial charge in [0.25, 0.3) is 0 Å². The summed E-state index contributed by atoms with van der Waals surface area (Å²) in [5.74, 6) is -0.466. The Morgan fingerprint density at radius 3 is 2.21 bits per heavy atom. The number of amides is 1. The lowest BCUT2D eigenvalue weighted by atomic mass is 10.0. The first kappa shape index (κ1) is 43.7. The Kier molecular flexibility index (Phi) is 18.5. The van der Waals surface area contributed by atoms with Crippen LogP contribution >= 0.6 is 7.75 Å². The van der Waals surface area contributed by atoms with E-state index in [0.29, 0.717) is 29.8 Å². The second-order valence-corrected chi connectivity index (χ2v) is 14.9. The van der Waals surface area contributed by atoms with Crippen molar-refractivity contribution < 1.29 is 23.5 Å². The third-order valence-electron chi connectivity index (χ3n) is 8.91. The monoisotopic (exact) mass is 785 g/mol. The number of nitrogen functional groups attached to an aromatic ring is 1. The molecule has 1 aliphatic carbocycles. The molecule has 0 aliphatic heterocycles. The van der Waals surface area contributed by atoms with Gasteiger partial charge in [0.1, 0.15) is 11.4 Å². The lowest BCUT2D eigenvalue weighted by molar-refractivity contribution is -0.120. The fourth-order valence-electron chi connectivity index (χ4n) is 5.98. The molecule has 0 saturated heterocycles. The molecular weight excluding hydrogens is 729 g/mol. The molecule has 1 fully saturated rings. The molecule has 0 spiro atoms. The van der Waals surface area contributed by atoms with Crippen LogP contribution in [0.15, 0.2) is 127 Å². The van der Waals surface area contributed by atoms with Gasteiger partial charge < -0.3 is 30.2 Å². The van der Waals surface area contributed by atoms with Crippen molar-refractivity contribution >= 4 is 30.8 Å². The maximum atomic E-state index is 13.9. The van der Waals surface area contributed by atoms with Crippen molar-refractivity contribution in [1.82, 2.24) is 29.9 Å². The second kappa shape index (κ2) is 23.8. The number of nitrogens with two attached hydrogens (primary N) is 1. The average Bonchev–Trinajstić information content (AvgIpc) is 3.72. The molecule has 4 rings (SSSR count). The molecule has 1 saturated carbocycles. The quantitative estimate of drug-likeness (QED) is 0.0345. The summed E-state index contributed by atoms with van der Waals surface area (Å²) < 4.78 is 27.3. The Bertz CT molecular complexity index is 1980. The Morgan fingerprint density at radius 2 is 1.59 bits per heavy atom.